The Morgan fingerprint density at radius 3 is 2.38 bits per heavy atom. The van der Waals surface area contributed by atoms with Gasteiger partial charge >= 0.3 is 0 Å². The third-order valence-corrected chi connectivity index (χ3v) is 6.17. The molecule has 4 N–H and O–H groups in total. The first-order valence-corrected chi connectivity index (χ1v) is 10.8. The van der Waals surface area contributed by atoms with Gasteiger partial charge in [0.2, 0.25) is 15.9 Å². The Bertz CT molecular complexity index is 755. The summed E-state index contributed by atoms with van der Waals surface area (Å²) in [6, 6.07) is 5.51. The largest absolute Gasteiger partial charge is 0.327 e. The number of nitrogens with two attached hydrogens (primary N) is 1. The summed E-state index contributed by atoms with van der Waals surface area (Å²) in [7, 11) is -3.36. The zero-order valence-electron chi connectivity index (χ0n) is 15.2. The number of aryl methyl sites for hydroxylation is 1. The Labute approximate surface area is 161 Å². The van der Waals surface area contributed by atoms with Crippen molar-refractivity contribution in [2.24, 2.45) is 23.5 Å². The maximum atomic E-state index is 12.7. The van der Waals surface area contributed by atoms with Gasteiger partial charge in [-0.3, -0.25) is 9.52 Å². The van der Waals surface area contributed by atoms with Crippen LogP contribution in [0.2, 0.25) is 0 Å². The van der Waals surface area contributed by atoms with Gasteiger partial charge < -0.3 is 11.1 Å². The highest BCUT2D eigenvalue weighted by atomic mass is 35.5. The van der Waals surface area contributed by atoms with E-state index >= 15 is 0 Å². The van der Waals surface area contributed by atoms with Crippen LogP contribution in [0, 0.1) is 24.7 Å². The van der Waals surface area contributed by atoms with E-state index in [0.29, 0.717) is 23.2 Å². The van der Waals surface area contributed by atoms with Gasteiger partial charge in [-0.1, -0.05) is 12.5 Å². The topological polar surface area (TPSA) is 101 Å². The second-order valence-corrected chi connectivity index (χ2v) is 9.34. The number of benzene rings is 1. The van der Waals surface area contributed by atoms with Gasteiger partial charge in [-0.05, 0) is 62.1 Å². The van der Waals surface area contributed by atoms with E-state index in [2.05, 4.69) is 10.0 Å². The number of carbonyl (C=O) groups excluding carboxylic acids is 1. The summed E-state index contributed by atoms with van der Waals surface area (Å²) in [5.41, 5.74) is 8.21. The molecule has 0 saturated heterocycles. The molecule has 0 spiro atoms. The lowest BCUT2D eigenvalue weighted by molar-refractivity contribution is -0.122. The minimum absolute atomic E-state index is 0. The number of carbonyl (C=O) groups is 1. The number of anilines is 2. The van der Waals surface area contributed by atoms with Crippen LogP contribution in [0.1, 0.15) is 37.7 Å². The van der Waals surface area contributed by atoms with E-state index in [9.17, 15) is 13.2 Å². The minimum Gasteiger partial charge on any atom is -0.327 e. The molecule has 2 fully saturated rings. The van der Waals surface area contributed by atoms with Crippen molar-refractivity contribution < 1.29 is 13.2 Å². The van der Waals surface area contributed by atoms with Crippen LogP contribution in [0.25, 0.3) is 0 Å². The molecule has 2 atom stereocenters. The Morgan fingerprint density at radius 1 is 1.19 bits per heavy atom. The van der Waals surface area contributed by atoms with Crippen LogP contribution >= 0.6 is 12.4 Å². The molecule has 0 aliphatic heterocycles. The molecule has 8 heteroatoms. The molecule has 2 bridgehead atoms. The van der Waals surface area contributed by atoms with Crippen molar-refractivity contribution >= 4 is 39.7 Å². The van der Waals surface area contributed by atoms with Crippen LogP contribution in [0.5, 0.6) is 0 Å². The molecular weight excluding hydrogens is 374 g/mol. The molecule has 0 aromatic heterocycles. The molecule has 0 heterocycles. The van der Waals surface area contributed by atoms with Crippen LogP contribution in [0.15, 0.2) is 18.2 Å². The average molecular weight is 402 g/mol. The van der Waals surface area contributed by atoms with E-state index in [4.69, 9.17) is 5.73 Å². The lowest BCUT2D eigenvalue weighted by atomic mass is 9.65. The Balaban J connectivity index is 0.00000243. The van der Waals surface area contributed by atoms with Gasteiger partial charge in [0.1, 0.15) is 0 Å². The molecule has 1 aromatic carbocycles. The van der Waals surface area contributed by atoms with Gasteiger partial charge in [0, 0.05) is 17.6 Å². The number of hydrogen-bond donors (Lipinski definition) is 3. The van der Waals surface area contributed by atoms with E-state index in [1.54, 1.807) is 18.2 Å². The van der Waals surface area contributed by atoms with Gasteiger partial charge in [0.15, 0.2) is 0 Å². The lowest BCUT2D eigenvalue weighted by Gasteiger charge is -2.43. The molecule has 2 aliphatic rings. The number of amides is 1. The summed E-state index contributed by atoms with van der Waals surface area (Å²) >= 11 is 0. The van der Waals surface area contributed by atoms with Gasteiger partial charge in [0.25, 0.3) is 0 Å². The van der Waals surface area contributed by atoms with E-state index in [0.717, 1.165) is 37.5 Å². The fourth-order valence-corrected chi connectivity index (χ4v) is 4.88. The van der Waals surface area contributed by atoms with Crippen molar-refractivity contribution in [3.05, 3.63) is 23.8 Å². The summed E-state index contributed by atoms with van der Waals surface area (Å²) in [5.74, 6) is 0.896. The normalized spacial score (nSPS) is 28.0. The molecule has 26 heavy (non-hydrogen) atoms. The monoisotopic (exact) mass is 401 g/mol. The maximum absolute atomic E-state index is 12.7. The molecule has 3 rings (SSSR count). The highest BCUT2D eigenvalue weighted by Crippen LogP contribution is 2.42. The summed E-state index contributed by atoms with van der Waals surface area (Å²) in [4.78, 5) is 12.7. The molecule has 2 unspecified atom stereocenters. The van der Waals surface area contributed by atoms with Gasteiger partial charge in [0.05, 0.1) is 11.9 Å². The number of halogens is 1. The Kier molecular flexibility index (Phi) is 6.58. The SMILES string of the molecule is Cc1ccc(NC(=O)C2CC3CCCC(C2)C3N)cc1NS(C)(=O)=O.Cl. The number of rotatable bonds is 4. The number of nitrogens with one attached hydrogen (secondary N) is 2. The molecule has 2 saturated carbocycles. The first kappa shape index (κ1) is 21.0. The van der Waals surface area contributed by atoms with Crippen molar-refractivity contribution in [2.45, 2.75) is 45.1 Å². The highest BCUT2D eigenvalue weighted by molar-refractivity contribution is 7.92. The second-order valence-electron chi connectivity index (χ2n) is 7.59. The maximum Gasteiger partial charge on any atom is 0.229 e. The highest BCUT2D eigenvalue weighted by Gasteiger charge is 2.40. The van der Waals surface area contributed by atoms with Gasteiger partial charge in [-0.2, -0.15) is 0 Å². The fraction of sp³-hybridized carbons (Fsp3) is 0.611. The van der Waals surface area contributed by atoms with Crippen molar-refractivity contribution in [1.29, 1.82) is 0 Å². The zero-order chi connectivity index (χ0) is 18.2. The third kappa shape index (κ3) is 4.90. The summed E-state index contributed by atoms with van der Waals surface area (Å²) in [6.07, 6.45) is 6.27. The molecule has 2 aliphatic carbocycles. The predicted octanol–water partition coefficient (Wildman–Crippen LogP) is 2.88. The van der Waals surface area contributed by atoms with Gasteiger partial charge in [-0.25, -0.2) is 8.42 Å². The van der Waals surface area contributed by atoms with E-state index in [-0.39, 0.29) is 30.3 Å². The molecule has 1 aromatic rings. The molecule has 0 radical (unpaired) electrons. The van der Waals surface area contributed by atoms with Crippen LogP contribution in [-0.2, 0) is 14.8 Å². The fourth-order valence-electron chi connectivity index (χ4n) is 4.26. The van der Waals surface area contributed by atoms with Crippen molar-refractivity contribution in [3.8, 4) is 0 Å². The number of sulfonamides is 1. The quantitative estimate of drug-likeness (QED) is 0.721. The van der Waals surface area contributed by atoms with Gasteiger partial charge in [-0.15, -0.1) is 12.4 Å². The second kappa shape index (κ2) is 8.15. The first-order chi connectivity index (χ1) is 11.7. The predicted molar refractivity (Wildman–Crippen MR) is 107 cm³/mol. The zero-order valence-corrected chi connectivity index (χ0v) is 16.8. The molecular formula is C18H28ClN3O3S. The van der Waals surface area contributed by atoms with E-state index in [1.165, 1.54) is 6.42 Å². The summed E-state index contributed by atoms with van der Waals surface area (Å²) in [5, 5.41) is 2.95. The van der Waals surface area contributed by atoms with Crippen LogP contribution in [0.3, 0.4) is 0 Å². The van der Waals surface area contributed by atoms with Crippen molar-refractivity contribution in [3.63, 3.8) is 0 Å². The van der Waals surface area contributed by atoms with E-state index in [1.807, 2.05) is 6.92 Å². The van der Waals surface area contributed by atoms with Crippen LogP contribution < -0.4 is 15.8 Å². The summed E-state index contributed by atoms with van der Waals surface area (Å²) in [6.45, 7) is 1.82. The Hall–Kier alpha value is -1.31. The number of hydrogen-bond acceptors (Lipinski definition) is 4. The van der Waals surface area contributed by atoms with E-state index < -0.39 is 10.0 Å². The smallest absolute Gasteiger partial charge is 0.229 e. The van der Waals surface area contributed by atoms with Crippen molar-refractivity contribution in [1.82, 2.24) is 0 Å². The summed E-state index contributed by atoms with van der Waals surface area (Å²) < 4.78 is 25.4. The molecule has 1 amide bonds. The third-order valence-electron chi connectivity index (χ3n) is 5.58. The number of fused-ring (bicyclic) bond motifs is 2. The Morgan fingerprint density at radius 2 is 1.81 bits per heavy atom. The van der Waals surface area contributed by atoms with Crippen LogP contribution in [-0.4, -0.2) is 26.6 Å². The standard InChI is InChI=1S/C18H27N3O3S.ClH/c1-11-6-7-15(10-16(11)21-25(2,23)24)20-18(22)14-8-12-4-3-5-13(9-14)17(12)19;/h6-7,10,12-14,17,21H,3-5,8-9,19H2,1-2H3,(H,20,22);1H. The average Bonchev–Trinajstić information content (AvgIpc) is 2.49. The first-order valence-electron chi connectivity index (χ1n) is 8.88. The minimum atomic E-state index is -3.36. The molecule has 146 valence electrons. The molecule has 6 nitrogen and oxygen atoms in total. The van der Waals surface area contributed by atoms with Crippen LogP contribution in [0.4, 0.5) is 11.4 Å². The lowest BCUT2D eigenvalue weighted by Crippen LogP contribution is -2.48. The van der Waals surface area contributed by atoms with Crippen molar-refractivity contribution in [2.75, 3.05) is 16.3 Å².